The lowest BCUT2D eigenvalue weighted by Crippen LogP contribution is -2.28. The SMILES string of the molecule is Cc1cc2c(n1C1CC=CC1)CC(C)(C)CC2=O. The van der Waals surface area contributed by atoms with Crippen LogP contribution in [-0.2, 0) is 6.42 Å². The summed E-state index contributed by atoms with van der Waals surface area (Å²) in [7, 11) is 0. The first-order chi connectivity index (χ1) is 8.48. The molecule has 1 heterocycles. The molecule has 0 spiro atoms. The Labute approximate surface area is 109 Å². The second kappa shape index (κ2) is 3.84. The van der Waals surface area contributed by atoms with Crippen LogP contribution in [0.2, 0.25) is 0 Å². The van der Waals surface area contributed by atoms with Gasteiger partial charge in [-0.1, -0.05) is 26.0 Å². The highest BCUT2D eigenvalue weighted by atomic mass is 16.1. The molecule has 2 aliphatic rings. The van der Waals surface area contributed by atoms with Gasteiger partial charge in [-0.15, -0.1) is 0 Å². The van der Waals surface area contributed by atoms with E-state index in [1.54, 1.807) is 0 Å². The zero-order valence-corrected chi connectivity index (χ0v) is 11.5. The number of hydrogen-bond acceptors (Lipinski definition) is 1. The van der Waals surface area contributed by atoms with E-state index >= 15 is 0 Å². The van der Waals surface area contributed by atoms with Gasteiger partial charge in [0.15, 0.2) is 5.78 Å². The molecule has 2 heteroatoms. The van der Waals surface area contributed by atoms with Crippen molar-refractivity contribution in [3.8, 4) is 0 Å². The number of aryl methyl sites for hydroxylation is 1. The van der Waals surface area contributed by atoms with Gasteiger partial charge < -0.3 is 4.57 Å². The molecule has 1 aromatic heterocycles. The molecule has 0 atom stereocenters. The molecule has 0 radical (unpaired) electrons. The number of aromatic nitrogens is 1. The van der Waals surface area contributed by atoms with Crippen LogP contribution in [0, 0.1) is 12.3 Å². The number of ketones is 1. The third-order valence-corrected chi connectivity index (χ3v) is 4.27. The molecule has 0 unspecified atom stereocenters. The highest BCUT2D eigenvalue weighted by Crippen LogP contribution is 2.39. The Hall–Kier alpha value is -1.31. The fourth-order valence-corrected chi connectivity index (χ4v) is 3.49. The van der Waals surface area contributed by atoms with Crippen LogP contribution in [0.1, 0.15) is 60.9 Å². The number of allylic oxidation sites excluding steroid dienone is 2. The Morgan fingerprint density at radius 3 is 2.56 bits per heavy atom. The summed E-state index contributed by atoms with van der Waals surface area (Å²) in [5, 5.41) is 0. The summed E-state index contributed by atoms with van der Waals surface area (Å²) in [5.74, 6) is 0.328. The minimum atomic E-state index is 0.110. The largest absolute Gasteiger partial charge is 0.345 e. The number of hydrogen-bond donors (Lipinski definition) is 0. The van der Waals surface area contributed by atoms with Crippen molar-refractivity contribution in [2.45, 2.75) is 52.5 Å². The van der Waals surface area contributed by atoms with Crippen LogP contribution in [-0.4, -0.2) is 10.4 Å². The van der Waals surface area contributed by atoms with Gasteiger partial charge in [-0.2, -0.15) is 0 Å². The van der Waals surface area contributed by atoms with Crippen molar-refractivity contribution in [1.82, 2.24) is 4.57 Å². The maximum Gasteiger partial charge on any atom is 0.165 e. The maximum absolute atomic E-state index is 12.3. The highest BCUT2D eigenvalue weighted by molar-refractivity contribution is 5.99. The Morgan fingerprint density at radius 2 is 1.89 bits per heavy atom. The smallest absolute Gasteiger partial charge is 0.165 e. The molecule has 0 saturated carbocycles. The lowest BCUT2D eigenvalue weighted by atomic mass is 9.76. The predicted octanol–water partition coefficient (Wildman–Crippen LogP) is 3.84. The van der Waals surface area contributed by atoms with E-state index in [1.165, 1.54) is 11.4 Å². The van der Waals surface area contributed by atoms with Gasteiger partial charge in [0.25, 0.3) is 0 Å². The van der Waals surface area contributed by atoms with Crippen LogP contribution >= 0.6 is 0 Å². The number of rotatable bonds is 1. The molecule has 2 aliphatic carbocycles. The van der Waals surface area contributed by atoms with Crippen molar-refractivity contribution < 1.29 is 4.79 Å². The van der Waals surface area contributed by atoms with Crippen LogP contribution in [0.15, 0.2) is 18.2 Å². The molecule has 0 aromatic carbocycles. The van der Waals surface area contributed by atoms with Crippen molar-refractivity contribution in [2.75, 3.05) is 0 Å². The topological polar surface area (TPSA) is 22.0 Å². The van der Waals surface area contributed by atoms with Gasteiger partial charge >= 0.3 is 0 Å². The molecular formula is C16H21NO. The normalized spacial score (nSPS) is 22.5. The zero-order valence-electron chi connectivity index (χ0n) is 11.5. The van der Waals surface area contributed by atoms with E-state index in [2.05, 4.69) is 43.6 Å². The molecule has 0 fully saturated rings. The minimum Gasteiger partial charge on any atom is -0.345 e. The van der Waals surface area contributed by atoms with Crippen LogP contribution in [0.25, 0.3) is 0 Å². The molecule has 3 rings (SSSR count). The van der Waals surface area contributed by atoms with E-state index in [4.69, 9.17) is 0 Å². The number of nitrogens with zero attached hydrogens (tertiary/aromatic N) is 1. The third kappa shape index (κ3) is 1.75. The molecule has 0 bridgehead atoms. The second-order valence-electron chi connectivity index (χ2n) is 6.55. The fourth-order valence-electron chi connectivity index (χ4n) is 3.49. The quantitative estimate of drug-likeness (QED) is 0.687. The van der Waals surface area contributed by atoms with Crippen LogP contribution in [0.3, 0.4) is 0 Å². The standard InChI is InChI=1S/C16H21NO/c1-11-8-13-14(9-16(2,3)10-15(13)18)17(11)12-6-4-5-7-12/h4-5,8,12H,6-7,9-10H2,1-3H3. The summed E-state index contributed by atoms with van der Waals surface area (Å²) in [6.45, 7) is 6.54. The van der Waals surface area contributed by atoms with E-state index in [9.17, 15) is 4.79 Å². The zero-order chi connectivity index (χ0) is 12.9. The lowest BCUT2D eigenvalue weighted by molar-refractivity contribution is 0.0909. The van der Waals surface area contributed by atoms with Crippen molar-refractivity contribution in [3.05, 3.63) is 35.2 Å². The van der Waals surface area contributed by atoms with Crippen LogP contribution in [0.4, 0.5) is 0 Å². The van der Waals surface area contributed by atoms with Crippen molar-refractivity contribution >= 4 is 5.78 Å². The van der Waals surface area contributed by atoms with Crippen molar-refractivity contribution in [3.63, 3.8) is 0 Å². The Morgan fingerprint density at radius 1 is 1.22 bits per heavy atom. The third-order valence-electron chi connectivity index (χ3n) is 4.27. The molecule has 1 aromatic rings. The summed E-state index contributed by atoms with van der Waals surface area (Å²) in [5.41, 5.74) is 3.62. The summed E-state index contributed by atoms with van der Waals surface area (Å²) in [6, 6.07) is 2.64. The molecule has 0 amide bonds. The Bertz CT molecular complexity index is 526. The lowest BCUT2D eigenvalue weighted by Gasteiger charge is -2.31. The van der Waals surface area contributed by atoms with Gasteiger partial charge in [0.05, 0.1) is 0 Å². The van der Waals surface area contributed by atoms with E-state index in [0.29, 0.717) is 18.2 Å². The van der Waals surface area contributed by atoms with Crippen molar-refractivity contribution in [1.29, 1.82) is 0 Å². The first-order valence-electron chi connectivity index (χ1n) is 6.87. The van der Waals surface area contributed by atoms with E-state index in [-0.39, 0.29) is 5.41 Å². The van der Waals surface area contributed by atoms with Gasteiger partial charge in [-0.05, 0) is 37.7 Å². The predicted molar refractivity (Wildman–Crippen MR) is 73.0 cm³/mol. The average molecular weight is 243 g/mol. The minimum absolute atomic E-state index is 0.110. The molecule has 96 valence electrons. The van der Waals surface area contributed by atoms with E-state index < -0.39 is 0 Å². The molecule has 0 saturated heterocycles. The average Bonchev–Trinajstić information content (AvgIpc) is 2.83. The summed E-state index contributed by atoms with van der Waals surface area (Å²) < 4.78 is 2.42. The number of fused-ring (bicyclic) bond motifs is 1. The van der Waals surface area contributed by atoms with Gasteiger partial charge in [0.2, 0.25) is 0 Å². The summed E-state index contributed by atoms with van der Waals surface area (Å²) in [6.07, 6.45) is 8.44. The van der Waals surface area contributed by atoms with Gasteiger partial charge in [-0.25, -0.2) is 0 Å². The Balaban J connectivity index is 2.08. The second-order valence-corrected chi connectivity index (χ2v) is 6.55. The van der Waals surface area contributed by atoms with Crippen LogP contribution in [0.5, 0.6) is 0 Å². The van der Waals surface area contributed by atoms with E-state index in [0.717, 1.165) is 24.8 Å². The van der Waals surface area contributed by atoms with Crippen LogP contribution < -0.4 is 0 Å². The number of Topliss-reactive ketones (excluding diaryl/α,β-unsaturated/α-hetero) is 1. The maximum atomic E-state index is 12.3. The van der Waals surface area contributed by atoms with Gasteiger partial charge in [-0.3, -0.25) is 4.79 Å². The molecule has 18 heavy (non-hydrogen) atoms. The molecule has 2 nitrogen and oxygen atoms in total. The molecular weight excluding hydrogens is 222 g/mol. The first-order valence-corrected chi connectivity index (χ1v) is 6.87. The van der Waals surface area contributed by atoms with Gasteiger partial charge in [0.1, 0.15) is 0 Å². The first kappa shape index (κ1) is 11.8. The number of carbonyl (C=O) groups excluding carboxylic acids is 1. The summed E-state index contributed by atoms with van der Waals surface area (Å²) in [4.78, 5) is 12.3. The molecule has 0 N–H and O–H groups in total. The summed E-state index contributed by atoms with van der Waals surface area (Å²) >= 11 is 0. The fraction of sp³-hybridized carbons (Fsp3) is 0.562. The Kier molecular flexibility index (Phi) is 2.51. The van der Waals surface area contributed by atoms with Crippen molar-refractivity contribution in [2.24, 2.45) is 5.41 Å². The molecule has 0 aliphatic heterocycles. The monoisotopic (exact) mass is 243 g/mol. The highest BCUT2D eigenvalue weighted by Gasteiger charge is 2.35. The van der Waals surface area contributed by atoms with Gasteiger partial charge in [0, 0.05) is 29.4 Å². The number of carbonyl (C=O) groups is 1. The van der Waals surface area contributed by atoms with E-state index in [1.807, 2.05) is 0 Å².